The molecule has 1 N–H and O–H groups in total. The summed E-state index contributed by atoms with van der Waals surface area (Å²) in [6.45, 7) is 4.04. The molecule has 108 valence electrons. The van der Waals surface area contributed by atoms with Gasteiger partial charge in [-0.05, 0) is 33.0 Å². The van der Waals surface area contributed by atoms with Gasteiger partial charge in [-0.1, -0.05) is 23.4 Å². The molecule has 0 aliphatic rings. The standard InChI is InChI=1S/C16H18N4O/c1-10(17-3)8-15-19-16(21-20-15)13-9-12-6-4-5-7-14(12)18-11(13)2/h4-7,9-10,17H,8H2,1-3H3. The van der Waals surface area contributed by atoms with Crippen LogP contribution in [0.1, 0.15) is 18.4 Å². The molecule has 2 aromatic heterocycles. The van der Waals surface area contributed by atoms with Gasteiger partial charge in [-0.15, -0.1) is 0 Å². The molecule has 5 heteroatoms. The minimum Gasteiger partial charge on any atom is -0.334 e. The van der Waals surface area contributed by atoms with Crippen LogP contribution in [0.4, 0.5) is 0 Å². The fourth-order valence-electron chi connectivity index (χ4n) is 2.25. The van der Waals surface area contributed by atoms with E-state index >= 15 is 0 Å². The molecule has 0 aliphatic carbocycles. The van der Waals surface area contributed by atoms with Crippen LogP contribution in [-0.2, 0) is 6.42 Å². The second-order valence-corrected chi connectivity index (χ2v) is 5.22. The average Bonchev–Trinajstić information content (AvgIpc) is 2.94. The van der Waals surface area contributed by atoms with Crippen molar-refractivity contribution in [2.24, 2.45) is 0 Å². The molecule has 1 aromatic carbocycles. The number of nitrogens with one attached hydrogen (secondary N) is 1. The fourth-order valence-corrected chi connectivity index (χ4v) is 2.25. The minimum absolute atomic E-state index is 0.311. The van der Waals surface area contributed by atoms with Gasteiger partial charge in [0.25, 0.3) is 5.89 Å². The van der Waals surface area contributed by atoms with Crippen molar-refractivity contribution in [2.45, 2.75) is 26.3 Å². The summed E-state index contributed by atoms with van der Waals surface area (Å²) >= 11 is 0. The van der Waals surface area contributed by atoms with Crippen LogP contribution < -0.4 is 5.32 Å². The van der Waals surface area contributed by atoms with E-state index in [0.717, 1.165) is 28.6 Å². The molecule has 0 saturated heterocycles. The highest BCUT2D eigenvalue weighted by molar-refractivity contribution is 5.83. The predicted molar refractivity (Wildman–Crippen MR) is 82.0 cm³/mol. The van der Waals surface area contributed by atoms with Gasteiger partial charge < -0.3 is 9.84 Å². The van der Waals surface area contributed by atoms with Crippen molar-refractivity contribution in [1.82, 2.24) is 20.4 Å². The van der Waals surface area contributed by atoms with E-state index in [2.05, 4.69) is 33.4 Å². The first-order valence-corrected chi connectivity index (χ1v) is 7.04. The van der Waals surface area contributed by atoms with Crippen LogP contribution in [-0.4, -0.2) is 28.2 Å². The zero-order valence-corrected chi connectivity index (χ0v) is 12.4. The third kappa shape index (κ3) is 2.78. The molecule has 3 rings (SSSR count). The Morgan fingerprint density at radius 2 is 2.05 bits per heavy atom. The van der Waals surface area contributed by atoms with E-state index in [0.29, 0.717) is 17.8 Å². The Morgan fingerprint density at radius 3 is 2.86 bits per heavy atom. The molecule has 0 spiro atoms. The first-order chi connectivity index (χ1) is 10.2. The maximum absolute atomic E-state index is 5.40. The van der Waals surface area contributed by atoms with Gasteiger partial charge in [-0.25, -0.2) is 0 Å². The average molecular weight is 282 g/mol. The number of likely N-dealkylation sites (N-methyl/N-ethyl adjacent to an activating group) is 1. The van der Waals surface area contributed by atoms with Crippen molar-refractivity contribution in [2.75, 3.05) is 7.05 Å². The highest BCUT2D eigenvalue weighted by Crippen LogP contribution is 2.25. The van der Waals surface area contributed by atoms with Gasteiger partial charge in [0, 0.05) is 17.8 Å². The number of aryl methyl sites for hydroxylation is 1. The number of rotatable bonds is 4. The van der Waals surface area contributed by atoms with Gasteiger partial charge in [0.2, 0.25) is 0 Å². The zero-order chi connectivity index (χ0) is 14.8. The first-order valence-electron chi connectivity index (χ1n) is 7.04. The van der Waals surface area contributed by atoms with Crippen molar-refractivity contribution >= 4 is 10.9 Å². The number of hydrogen-bond donors (Lipinski definition) is 1. The Bertz CT molecular complexity index is 766. The number of para-hydroxylation sites is 1. The summed E-state index contributed by atoms with van der Waals surface area (Å²) in [5.41, 5.74) is 2.76. The number of pyridine rings is 1. The second-order valence-electron chi connectivity index (χ2n) is 5.22. The molecule has 0 aliphatic heterocycles. The highest BCUT2D eigenvalue weighted by atomic mass is 16.5. The molecule has 2 heterocycles. The molecule has 0 saturated carbocycles. The first kappa shape index (κ1) is 13.7. The van der Waals surface area contributed by atoms with Gasteiger partial charge in [0.15, 0.2) is 5.82 Å². The van der Waals surface area contributed by atoms with E-state index in [4.69, 9.17) is 4.52 Å². The smallest absolute Gasteiger partial charge is 0.259 e. The molecular weight excluding hydrogens is 264 g/mol. The van der Waals surface area contributed by atoms with E-state index < -0.39 is 0 Å². The third-order valence-electron chi connectivity index (χ3n) is 3.59. The molecule has 0 amide bonds. The highest BCUT2D eigenvalue weighted by Gasteiger charge is 2.14. The lowest BCUT2D eigenvalue weighted by Gasteiger charge is -2.05. The second kappa shape index (κ2) is 5.61. The van der Waals surface area contributed by atoms with Gasteiger partial charge in [-0.2, -0.15) is 4.98 Å². The van der Waals surface area contributed by atoms with Crippen LogP contribution in [0.2, 0.25) is 0 Å². The van der Waals surface area contributed by atoms with E-state index in [-0.39, 0.29) is 0 Å². The Hall–Kier alpha value is -2.27. The van der Waals surface area contributed by atoms with Gasteiger partial charge in [0.05, 0.1) is 16.8 Å². The number of nitrogens with zero attached hydrogens (tertiary/aromatic N) is 3. The zero-order valence-electron chi connectivity index (χ0n) is 12.4. The SMILES string of the molecule is CNC(C)Cc1noc(-c2cc3ccccc3nc2C)n1. The Kier molecular flexibility index (Phi) is 3.66. The molecular formula is C16H18N4O. The van der Waals surface area contributed by atoms with Gasteiger partial charge in [-0.3, -0.25) is 4.98 Å². The Balaban J connectivity index is 1.98. The summed E-state index contributed by atoms with van der Waals surface area (Å²) in [7, 11) is 1.92. The number of aromatic nitrogens is 3. The summed E-state index contributed by atoms with van der Waals surface area (Å²) < 4.78 is 5.40. The number of benzene rings is 1. The van der Waals surface area contributed by atoms with Crippen molar-refractivity contribution in [3.8, 4) is 11.5 Å². The van der Waals surface area contributed by atoms with Crippen LogP contribution in [0.3, 0.4) is 0 Å². The van der Waals surface area contributed by atoms with Gasteiger partial charge >= 0.3 is 0 Å². The van der Waals surface area contributed by atoms with E-state index in [1.807, 2.05) is 38.2 Å². The molecule has 3 aromatic rings. The topological polar surface area (TPSA) is 63.8 Å². The lowest BCUT2D eigenvalue weighted by molar-refractivity contribution is 0.418. The monoisotopic (exact) mass is 282 g/mol. The number of hydrogen-bond acceptors (Lipinski definition) is 5. The third-order valence-corrected chi connectivity index (χ3v) is 3.59. The summed E-state index contributed by atoms with van der Waals surface area (Å²) in [5.74, 6) is 1.24. The number of fused-ring (bicyclic) bond motifs is 1. The van der Waals surface area contributed by atoms with Crippen LogP contribution in [0, 0.1) is 6.92 Å². The molecule has 5 nitrogen and oxygen atoms in total. The largest absolute Gasteiger partial charge is 0.334 e. The lowest BCUT2D eigenvalue weighted by Crippen LogP contribution is -2.24. The maximum Gasteiger partial charge on any atom is 0.259 e. The summed E-state index contributed by atoms with van der Waals surface area (Å²) in [6.07, 6.45) is 0.736. The normalized spacial score (nSPS) is 12.7. The lowest BCUT2D eigenvalue weighted by atomic mass is 10.1. The van der Waals surface area contributed by atoms with E-state index in [1.165, 1.54) is 0 Å². The van der Waals surface area contributed by atoms with Crippen molar-refractivity contribution in [3.63, 3.8) is 0 Å². The molecule has 21 heavy (non-hydrogen) atoms. The quantitative estimate of drug-likeness (QED) is 0.797. The Morgan fingerprint density at radius 1 is 1.24 bits per heavy atom. The molecule has 0 fully saturated rings. The molecule has 0 bridgehead atoms. The van der Waals surface area contributed by atoms with Crippen LogP contribution >= 0.6 is 0 Å². The van der Waals surface area contributed by atoms with Crippen molar-refractivity contribution in [3.05, 3.63) is 41.9 Å². The summed E-state index contributed by atoms with van der Waals surface area (Å²) in [4.78, 5) is 9.08. The van der Waals surface area contributed by atoms with Gasteiger partial charge in [0.1, 0.15) is 0 Å². The summed E-state index contributed by atoms with van der Waals surface area (Å²) in [6, 6.07) is 10.4. The van der Waals surface area contributed by atoms with E-state index in [9.17, 15) is 0 Å². The van der Waals surface area contributed by atoms with E-state index in [1.54, 1.807) is 0 Å². The van der Waals surface area contributed by atoms with Crippen LogP contribution in [0.25, 0.3) is 22.4 Å². The molecule has 1 unspecified atom stereocenters. The van der Waals surface area contributed by atoms with Crippen molar-refractivity contribution < 1.29 is 4.52 Å². The minimum atomic E-state index is 0.311. The van der Waals surface area contributed by atoms with Crippen molar-refractivity contribution in [1.29, 1.82) is 0 Å². The fraction of sp³-hybridized carbons (Fsp3) is 0.312. The van der Waals surface area contributed by atoms with Crippen LogP contribution in [0.15, 0.2) is 34.9 Å². The molecule has 1 atom stereocenters. The Labute approximate surface area is 123 Å². The van der Waals surface area contributed by atoms with Crippen LogP contribution in [0.5, 0.6) is 0 Å². The summed E-state index contributed by atoms with van der Waals surface area (Å²) in [5, 5.41) is 8.28. The maximum atomic E-state index is 5.40. The molecule has 0 radical (unpaired) electrons. The predicted octanol–water partition coefficient (Wildman–Crippen LogP) is 2.74.